The van der Waals surface area contributed by atoms with Crippen LogP contribution in [0.15, 0.2) is 54.6 Å². The normalized spacial score (nSPS) is 19.5. The smallest absolute Gasteiger partial charge is 0.244 e. The Morgan fingerprint density at radius 3 is 2.72 bits per heavy atom. The molecule has 1 aliphatic rings. The Morgan fingerprint density at radius 1 is 1.16 bits per heavy atom. The molecule has 0 spiro atoms. The summed E-state index contributed by atoms with van der Waals surface area (Å²) in [5.41, 5.74) is 7.01. The van der Waals surface area contributed by atoms with Gasteiger partial charge in [-0.3, -0.25) is 9.59 Å². The van der Waals surface area contributed by atoms with E-state index in [9.17, 15) is 9.59 Å². The Morgan fingerprint density at radius 2 is 1.91 bits per heavy atom. The van der Waals surface area contributed by atoms with Gasteiger partial charge in [0.15, 0.2) is 0 Å². The summed E-state index contributed by atoms with van der Waals surface area (Å²) in [6.07, 6.45) is 1.54. The highest BCUT2D eigenvalue weighted by Gasteiger charge is 2.38. The molecule has 1 aromatic heterocycles. The summed E-state index contributed by atoms with van der Waals surface area (Å²) in [6, 6.07) is 16.7. The number of nitrogens with one attached hydrogen (secondary N) is 2. The van der Waals surface area contributed by atoms with E-state index in [1.807, 2.05) is 54.6 Å². The number of amides is 2. The van der Waals surface area contributed by atoms with Crippen LogP contribution in [0.3, 0.4) is 0 Å². The number of piperidine rings is 1. The zero-order valence-corrected chi connectivity index (χ0v) is 20.5. The maximum absolute atomic E-state index is 13.0. The maximum atomic E-state index is 13.0. The first-order chi connectivity index (χ1) is 15.6. The molecule has 0 saturated carbocycles. The first-order valence-electron chi connectivity index (χ1n) is 10.7. The van der Waals surface area contributed by atoms with Crippen LogP contribution in [0.5, 0.6) is 0 Å². The summed E-state index contributed by atoms with van der Waals surface area (Å²) in [7, 11) is 0. The Balaban J connectivity index is 1.30. The number of carbonyl (C=O) groups is 2. The number of alkyl halides is 1. The fraction of sp³-hybridized carbons (Fsp3) is 0.348. The van der Waals surface area contributed by atoms with Crippen molar-refractivity contribution in [3.63, 3.8) is 0 Å². The molecule has 1 saturated heterocycles. The van der Waals surface area contributed by atoms with E-state index < -0.39 is 6.04 Å². The van der Waals surface area contributed by atoms with E-state index in [2.05, 4.69) is 37.6 Å². The first-order valence-corrected chi connectivity index (χ1v) is 12.7. The molecule has 1 fully saturated rings. The van der Waals surface area contributed by atoms with Crippen LogP contribution in [-0.2, 0) is 9.59 Å². The third kappa shape index (κ3) is 5.05. The third-order valence-electron chi connectivity index (χ3n) is 5.68. The standard InChI is InChI=1S/C23H26IN5O2S/c24-20-17(10-6-14-29(20)23(31)19(25)15-7-2-1-3-8-15)22(30)27-13-12-26-21-16-9-4-5-11-18(16)32-28-21/h1-5,7-9,11,17,19-20H,6,10,12-14,25H2,(H,26,28)(H,27,30). The second kappa shape index (κ2) is 10.6. The molecule has 0 bridgehead atoms. The van der Waals surface area contributed by atoms with E-state index >= 15 is 0 Å². The van der Waals surface area contributed by atoms with Gasteiger partial charge in [0, 0.05) is 25.0 Å². The Kier molecular flexibility index (Phi) is 7.59. The zero-order chi connectivity index (χ0) is 22.5. The molecule has 0 aliphatic carbocycles. The minimum atomic E-state index is -0.715. The molecule has 3 unspecified atom stereocenters. The molecule has 2 aromatic carbocycles. The lowest BCUT2D eigenvalue weighted by atomic mass is 9.95. The Bertz CT molecular complexity index is 1080. The van der Waals surface area contributed by atoms with Gasteiger partial charge in [-0.05, 0) is 42.1 Å². The van der Waals surface area contributed by atoms with Crippen LogP contribution in [0.1, 0.15) is 24.4 Å². The summed E-state index contributed by atoms with van der Waals surface area (Å²) in [5.74, 6) is 0.428. The maximum Gasteiger partial charge on any atom is 0.244 e. The van der Waals surface area contributed by atoms with Gasteiger partial charge in [0.05, 0.1) is 14.7 Å². The Labute approximate surface area is 205 Å². The highest BCUT2D eigenvalue weighted by molar-refractivity contribution is 14.1. The van der Waals surface area contributed by atoms with Gasteiger partial charge in [0.25, 0.3) is 0 Å². The summed E-state index contributed by atoms with van der Waals surface area (Å²) in [4.78, 5) is 27.6. The summed E-state index contributed by atoms with van der Waals surface area (Å²) < 4.78 is 5.35. The topological polar surface area (TPSA) is 100 Å². The van der Waals surface area contributed by atoms with Gasteiger partial charge >= 0.3 is 0 Å². The molecule has 3 atom stereocenters. The summed E-state index contributed by atoms with van der Waals surface area (Å²) >= 11 is 3.66. The molecule has 2 amide bonds. The summed E-state index contributed by atoms with van der Waals surface area (Å²) in [6.45, 7) is 1.69. The highest BCUT2D eigenvalue weighted by atomic mass is 127. The van der Waals surface area contributed by atoms with E-state index in [0.29, 0.717) is 19.6 Å². The first kappa shape index (κ1) is 22.9. The number of fused-ring (bicyclic) bond motifs is 1. The van der Waals surface area contributed by atoms with Crippen LogP contribution in [0.4, 0.5) is 5.82 Å². The third-order valence-corrected chi connectivity index (χ3v) is 8.05. The minimum Gasteiger partial charge on any atom is -0.367 e. The lowest BCUT2D eigenvalue weighted by Crippen LogP contribution is -2.52. The van der Waals surface area contributed by atoms with E-state index in [-0.39, 0.29) is 21.8 Å². The lowest BCUT2D eigenvalue weighted by Gasteiger charge is -2.38. The number of nitrogens with two attached hydrogens (primary N) is 1. The van der Waals surface area contributed by atoms with Crippen molar-refractivity contribution in [1.29, 1.82) is 0 Å². The van der Waals surface area contributed by atoms with Crippen LogP contribution in [0, 0.1) is 5.92 Å². The fourth-order valence-electron chi connectivity index (χ4n) is 3.94. The average Bonchev–Trinajstić information content (AvgIpc) is 3.24. The van der Waals surface area contributed by atoms with Crippen molar-refractivity contribution in [2.75, 3.05) is 25.0 Å². The van der Waals surface area contributed by atoms with E-state index in [1.165, 1.54) is 11.5 Å². The van der Waals surface area contributed by atoms with Crippen molar-refractivity contribution < 1.29 is 9.59 Å². The molecule has 4 rings (SSSR count). The number of aromatic nitrogens is 1. The van der Waals surface area contributed by atoms with Crippen molar-refractivity contribution in [2.24, 2.45) is 11.7 Å². The molecular weight excluding hydrogens is 537 g/mol. The number of benzene rings is 2. The molecule has 0 radical (unpaired) electrons. The van der Waals surface area contributed by atoms with Gasteiger partial charge in [-0.25, -0.2) is 0 Å². The van der Waals surface area contributed by atoms with Gasteiger partial charge in [-0.15, -0.1) is 0 Å². The SMILES string of the molecule is NC(C(=O)N1CCCC(C(=O)NCCNc2nsc3ccccc23)C1I)c1ccccc1. The molecule has 1 aliphatic heterocycles. The lowest BCUT2D eigenvalue weighted by molar-refractivity contribution is -0.137. The van der Waals surface area contributed by atoms with E-state index in [0.717, 1.165) is 34.3 Å². The molecule has 32 heavy (non-hydrogen) atoms. The number of halogens is 1. The number of anilines is 1. The number of rotatable bonds is 7. The molecule has 7 nitrogen and oxygen atoms in total. The van der Waals surface area contributed by atoms with Crippen LogP contribution >= 0.6 is 34.1 Å². The van der Waals surface area contributed by atoms with Crippen molar-refractivity contribution >= 4 is 61.8 Å². The zero-order valence-electron chi connectivity index (χ0n) is 17.5. The fourth-order valence-corrected chi connectivity index (χ4v) is 5.93. The molecule has 2 heterocycles. The largest absolute Gasteiger partial charge is 0.367 e. The van der Waals surface area contributed by atoms with E-state index in [4.69, 9.17) is 5.73 Å². The molecule has 9 heteroatoms. The van der Waals surface area contributed by atoms with Crippen molar-refractivity contribution in [2.45, 2.75) is 22.9 Å². The van der Waals surface area contributed by atoms with Crippen LogP contribution < -0.4 is 16.4 Å². The van der Waals surface area contributed by atoms with Crippen LogP contribution in [0.25, 0.3) is 10.1 Å². The second-order valence-corrected chi connectivity index (χ2v) is 9.87. The average molecular weight is 563 g/mol. The number of carbonyl (C=O) groups excluding carboxylic acids is 2. The highest BCUT2D eigenvalue weighted by Crippen LogP contribution is 2.31. The van der Waals surface area contributed by atoms with Crippen molar-refractivity contribution in [3.8, 4) is 0 Å². The van der Waals surface area contributed by atoms with E-state index in [1.54, 1.807) is 4.90 Å². The number of hydrogen-bond donors (Lipinski definition) is 3. The minimum absolute atomic E-state index is 0.0277. The number of hydrogen-bond acceptors (Lipinski definition) is 6. The van der Waals surface area contributed by atoms with Crippen LogP contribution in [-0.4, -0.2) is 44.8 Å². The number of likely N-dealkylation sites (tertiary alicyclic amines) is 1. The molecule has 4 N–H and O–H groups in total. The monoisotopic (exact) mass is 563 g/mol. The predicted molar refractivity (Wildman–Crippen MR) is 137 cm³/mol. The molecule has 3 aromatic rings. The molecule has 168 valence electrons. The van der Waals surface area contributed by atoms with Gasteiger partial charge in [-0.1, -0.05) is 65.1 Å². The quantitative estimate of drug-likeness (QED) is 0.177. The predicted octanol–water partition coefficient (Wildman–Crippen LogP) is 3.52. The van der Waals surface area contributed by atoms with Gasteiger partial charge in [0.1, 0.15) is 11.9 Å². The Hall–Kier alpha value is -2.24. The summed E-state index contributed by atoms with van der Waals surface area (Å²) in [5, 5.41) is 7.40. The van der Waals surface area contributed by atoms with Gasteiger partial charge in [-0.2, -0.15) is 4.37 Å². The molecular formula is C23H26IN5O2S. The number of nitrogens with zero attached hydrogens (tertiary/aromatic N) is 2. The second-order valence-electron chi connectivity index (χ2n) is 7.79. The van der Waals surface area contributed by atoms with Gasteiger partial charge in [0.2, 0.25) is 11.8 Å². The van der Waals surface area contributed by atoms with Crippen LogP contribution in [0.2, 0.25) is 0 Å². The van der Waals surface area contributed by atoms with Gasteiger partial charge < -0.3 is 21.3 Å². The van der Waals surface area contributed by atoms with Crippen molar-refractivity contribution in [3.05, 3.63) is 60.2 Å². The van der Waals surface area contributed by atoms with Crippen molar-refractivity contribution in [1.82, 2.24) is 14.6 Å².